The zero-order chi connectivity index (χ0) is 35.3. The zero-order valence-corrected chi connectivity index (χ0v) is 32.6. The van der Waals surface area contributed by atoms with Crippen LogP contribution in [0.2, 0.25) is 0 Å². The highest BCUT2D eigenvalue weighted by Gasteiger charge is 2.51. The molecule has 1 saturated heterocycles. The number of rotatable bonds is 31. The van der Waals surface area contributed by atoms with Gasteiger partial charge >= 0.3 is 0 Å². The molecule has 0 radical (unpaired) electrons. The maximum Gasteiger partial charge on any atom is 0.169 e. The molecule has 2 fully saturated rings. The lowest BCUT2D eigenvalue weighted by molar-refractivity contribution is -0.193. The van der Waals surface area contributed by atoms with Crippen molar-refractivity contribution in [3.63, 3.8) is 0 Å². The summed E-state index contributed by atoms with van der Waals surface area (Å²) in [5, 5.41) is 0. The van der Waals surface area contributed by atoms with E-state index in [4.69, 9.17) is 9.47 Å². The van der Waals surface area contributed by atoms with Crippen molar-refractivity contribution in [3.8, 4) is 0 Å². The van der Waals surface area contributed by atoms with Gasteiger partial charge in [0.25, 0.3) is 0 Å². The molecule has 0 bridgehead atoms. The Hall–Kier alpha value is -1.75. The molecular formula is C45H77NO3. The molecule has 0 aromatic heterocycles. The van der Waals surface area contributed by atoms with E-state index in [-0.39, 0.29) is 12.2 Å². The molecule has 1 unspecified atom stereocenters. The fourth-order valence-corrected chi connectivity index (χ4v) is 7.41. The summed E-state index contributed by atoms with van der Waals surface area (Å²) in [5.41, 5.74) is 0. The molecule has 0 amide bonds. The topological polar surface area (TPSA) is 38.8 Å². The molecule has 4 atom stereocenters. The fourth-order valence-electron chi connectivity index (χ4n) is 7.41. The van der Waals surface area contributed by atoms with Crippen molar-refractivity contribution in [1.29, 1.82) is 0 Å². The molecule has 0 aromatic carbocycles. The van der Waals surface area contributed by atoms with E-state index in [0.29, 0.717) is 24.7 Å². The van der Waals surface area contributed by atoms with Crippen LogP contribution < -0.4 is 0 Å². The van der Waals surface area contributed by atoms with Crippen LogP contribution >= 0.6 is 0 Å². The number of hydrogen-bond acceptors (Lipinski definition) is 4. The van der Waals surface area contributed by atoms with Gasteiger partial charge < -0.3 is 14.4 Å². The summed E-state index contributed by atoms with van der Waals surface area (Å²) in [6, 6.07) is 0. The Morgan fingerprint density at radius 1 is 0.612 bits per heavy atom. The lowest BCUT2D eigenvalue weighted by Crippen LogP contribution is -2.32. The summed E-state index contributed by atoms with van der Waals surface area (Å²) >= 11 is 0. The smallest absolute Gasteiger partial charge is 0.169 e. The number of ketones is 1. The van der Waals surface area contributed by atoms with E-state index >= 15 is 0 Å². The number of allylic oxidation sites excluding steroid dienone is 10. The highest BCUT2D eigenvalue weighted by Crippen LogP contribution is 2.46. The van der Waals surface area contributed by atoms with Crippen LogP contribution in [0.25, 0.3) is 0 Å². The van der Waals surface area contributed by atoms with E-state index in [1.807, 2.05) is 19.0 Å². The molecule has 2 aliphatic rings. The minimum absolute atomic E-state index is 0.175. The Kier molecular flexibility index (Phi) is 25.6. The zero-order valence-electron chi connectivity index (χ0n) is 32.6. The van der Waals surface area contributed by atoms with Crippen molar-refractivity contribution in [2.24, 2.45) is 5.92 Å². The molecule has 49 heavy (non-hydrogen) atoms. The quantitative estimate of drug-likeness (QED) is 0.0540. The summed E-state index contributed by atoms with van der Waals surface area (Å²) in [7, 11) is 3.95. The molecule has 1 aliphatic heterocycles. The van der Waals surface area contributed by atoms with Crippen LogP contribution in [0.4, 0.5) is 0 Å². The summed E-state index contributed by atoms with van der Waals surface area (Å²) in [5.74, 6) is 0.360. The molecule has 0 spiro atoms. The highest BCUT2D eigenvalue weighted by molar-refractivity contribution is 5.80. The van der Waals surface area contributed by atoms with E-state index < -0.39 is 5.79 Å². The van der Waals surface area contributed by atoms with Crippen LogP contribution in [-0.2, 0) is 14.3 Å². The second-order valence-electron chi connectivity index (χ2n) is 15.2. The van der Waals surface area contributed by atoms with Crippen LogP contribution in [0.3, 0.4) is 0 Å². The number of nitrogens with zero attached hydrogens (tertiary/aromatic N) is 1. The second-order valence-corrected chi connectivity index (χ2v) is 15.2. The van der Waals surface area contributed by atoms with Crippen LogP contribution in [0.1, 0.15) is 174 Å². The molecule has 2 rings (SSSR count). The van der Waals surface area contributed by atoms with Gasteiger partial charge in [-0.15, -0.1) is 0 Å². The SMILES string of the molecule is C/C=C\C/C=C\C/C=C\CCCCCCCCC1(CCCCCCCC/C=C\C/C=C\CCCC)O[C@H]2C[C@H](CC(=O)CN(C)C)C[C@H]2O1. The van der Waals surface area contributed by atoms with E-state index in [1.165, 1.54) is 109 Å². The lowest BCUT2D eigenvalue weighted by atomic mass is 9.97. The van der Waals surface area contributed by atoms with Gasteiger partial charge in [-0.2, -0.15) is 0 Å². The minimum Gasteiger partial charge on any atom is -0.344 e. The first-order valence-electron chi connectivity index (χ1n) is 20.7. The van der Waals surface area contributed by atoms with E-state index in [2.05, 4.69) is 74.6 Å². The van der Waals surface area contributed by atoms with Crippen LogP contribution in [-0.4, -0.2) is 49.3 Å². The Labute approximate surface area is 303 Å². The number of carbonyl (C=O) groups is 1. The number of carbonyl (C=O) groups excluding carboxylic acids is 1. The van der Waals surface area contributed by atoms with Gasteiger partial charge in [0.1, 0.15) is 5.78 Å². The molecule has 0 aromatic rings. The van der Waals surface area contributed by atoms with Gasteiger partial charge in [0.2, 0.25) is 0 Å². The van der Waals surface area contributed by atoms with E-state index in [9.17, 15) is 4.79 Å². The molecular weight excluding hydrogens is 602 g/mol. The molecule has 280 valence electrons. The molecule has 1 heterocycles. The highest BCUT2D eigenvalue weighted by atomic mass is 16.8. The fraction of sp³-hybridized carbons (Fsp3) is 0.756. The summed E-state index contributed by atoms with van der Waals surface area (Å²) < 4.78 is 13.7. The maximum absolute atomic E-state index is 12.5. The number of likely N-dealkylation sites (N-methyl/N-ethyl adjacent to an activating group) is 1. The molecule has 0 N–H and O–H groups in total. The predicted molar refractivity (Wildman–Crippen MR) is 212 cm³/mol. The second kappa shape index (κ2) is 28.9. The third-order valence-electron chi connectivity index (χ3n) is 10.1. The predicted octanol–water partition coefficient (Wildman–Crippen LogP) is 12.8. The Morgan fingerprint density at radius 2 is 1.04 bits per heavy atom. The standard InChI is InChI=1S/C45H77NO3/c1-5-7-9-11-13-15-17-19-21-23-25-27-29-31-33-35-45(48-43-38-41(39-44(43)49-45)37-42(47)40-46(3)4)36-34-32-30-28-26-24-22-20-18-16-14-12-10-8-6-2/h5,7,11-14,17-20,41,43-44H,6,8-10,15-16,21-40H2,1-4H3/b7-5-,13-11-,14-12-,19-17-,20-18-/t41-,43-,44+,45?. The molecule has 1 saturated carbocycles. The van der Waals surface area contributed by atoms with E-state index in [1.54, 1.807) is 0 Å². The monoisotopic (exact) mass is 680 g/mol. The van der Waals surface area contributed by atoms with Gasteiger partial charge in [-0.1, -0.05) is 132 Å². The first-order chi connectivity index (χ1) is 24.0. The normalized spacial score (nSPS) is 22.8. The number of Topliss-reactive ketones (excluding diaryl/α,β-unsaturated/α-hetero) is 1. The lowest BCUT2D eigenvalue weighted by Gasteiger charge is -2.30. The van der Waals surface area contributed by atoms with Gasteiger partial charge in [-0.05, 0) is 104 Å². The van der Waals surface area contributed by atoms with Gasteiger partial charge in [0.15, 0.2) is 5.79 Å². The van der Waals surface area contributed by atoms with Gasteiger partial charge in [0, 0.05) is 19.3 Å². The van der Waals surface area contributed by atoms with Gasteiger partial charge in [0.05, 0.1) is 18.8 Å². The van der Waals surface area contributed by atoms with E-state index in [0.717, 1.165) is 44.9 Å². The first kappa shape index (κ1) is 43.4. The summed E-state index contributed by atoms with van der Waals surface area (Å²) in [6.45, 7) is 4.86. The summed E-state index contributed by atoms with van der Waals surface area (Å²) in [4.78, 5) is 14.4. The van der Waals surface area contributed by atoms with Crippen molar-refractivity contribution < 1.29 is 14.3 Å². The van der Waals surface area contributed by atoms with Crippen LogP contribution in [0.5, 0.6) is 0 Å². The largest absolute Gasteiger partial charge is 0.344 e. The maximum atomic E-state index is 12.5. The van der Waals surface area contributed by atoms with Crippen molar-refractivity contribution in [2.75, 3.05) is 20.6 Å². The third kappa shape index (κ3) is 21.9. The summed E-state index contributed by atoms with van der Waals surface area (Å²) in [6.07, 6.45) is 52.7. The Morgan fingerprint density at radius 3 is 1.51 bits per heavy atom. The van der Waals surface area contributed by atoms with Crippen molar-refractivity contribution >= 4 is 5.78 Å². The van der Waals surface area contributed by atoms with Crippen molar-refractivity contribution in [2.45, 2.75) is 192 Å². The first-order valence-corrected chi connectivity index (χ1v) is 20.7. The number of hydrogen-bond donors (Lipinski definition) is 0. The van der Waals surface area contributed by atoms with Crippen molar-refractivity contribution in [1.82, 2.24) is 4.90 Å². The number of unbranched alkanes of at least 4 members (excludes halogenated alkanes) is 14. The average molecular weight is 680 g/mol. The molecule has 4 nitrogen and oxygen atoms in total. The third-order valence-corrected chi connectivity index (χ3v) is 10.1. The Balaban J connectivity index is 1.65. The van der Waals surface area contributed by atoms with Crippen LogP contribution in [0.15, 0.2) is 60.8 Å². The minimum atomic E-state index is -0.393. The van der Waals surface area contributed by atoms with Gasteiger partial charge in [-0.25, -0.2) is 0 Å². The van der Waals surface area contributed by atoms with Crippen LogP contribution in [0, 0.1) is 5.92 Å². The molecule has 4 heteroatoms. The molecule has 1 aliphatic carbocycles. The Bertz CT molecular complexity index is 946. The van der Waals surface area contributed by atoms with Crippen molar-refractivity contribution in [3.05, 3.63) is 60.8 Å². The van der Waals surface area contributed by atoms with Gasteiger partial charge in [-0.3, -0.25) is 4.79 Å². The number of fused-ring (bicyclic) bond motifs is 1. The number of ether oxygens (including phenoxy) is 2. The average Bonchev–Trinajstić information content (AvgIpc) is 3.59.